The van der Waals surface area contributed by atoms with Crippen LogP contribution in [0.25, 0.3) is 11.2 Å². The molecule has 11 nitrogen and oxygen atoms in total. The van der Waals surface area contributed by atoms with Gasteiger partial charge in [-0.3, -0.25) is 4.57 Å². The summed E-state index contributed by atoms with van der Waals surface area (Å²) in [4.78, 5) is 12.9. The van der Waals surface area contributed by atoms with Gasteiger partial charge in [0.15, 0.2) is 23.2 Å². The number of fused-ring (bicyclic) bond motifs is 1. The molecule has 2 aromatic heterocycles. The molecule has 2 aromatic rings. The highest BCUT2D eigenvalue weighted by atomic mass is 32.1. The predicted molar refractivity (Wildman–Crippen MR) is 102 cm³/mol. The van der Waals surface area contributed by atoms with Gasteiger partial charge < -0.3 is 35.1 Å². The largest absolute Gasteiger partial charge is 0.468 e. The summed E-state index contributed by atoms with van der Waals surface area (Å²) >= 11 is 4.92. The third kappa shape index (κ3) is 3.61. The summed E-state index contributed by atoms with van der Waals surface area (Å²) in [5.41, 5.74) is 1.04. The van der Waals surface area contributed by atoms with E-state index in [1.807, 2.05) is 0 Å². The Hall–Kier alpha value is -2.12. The average Bonchev–Trinajstić information content (AvgIpc) is 3.42. The Morgan fingerprint density at radius 1 is 1.36 bits per heavy atom. The molecule has 0 amide bonds. The lowest BCUT2D eigenvalue weighted by Gasteiger charge is -2.17. The number of ether oxygens (including phenoxy) is 3. The number of anilines is 1. The van der Waals surface area contributed by atoms with Gasteiger partial charge in [0.05, 0.1) is 19.0 Å². The highest BCUT2D eigenvalue weighted by molar-refractivity contribution is 7.80. The molecule has 0 saturated carbocycles. The molecule has 2 unspecified atom stereocenters. The van der Waals surface area contributed by atoms with E-state index >= 15 is 0 Å². The van der Waals surface area contributed by atoms with E-state index in [0.29, 0.717) is 30.2 Å². The molecular formula is C16H22N6O5S. The molecule has 28 heavy (non-hydrogen) atoms. The molecule has 0 spiro atoms. The van der Waals surface area contributed by atoms with Crippen LogP contribution in [0.3, 0.4) is 0 Å². The molecule has 0 radical (unpaired) electrons. The average molecular weight is 410 g/mol. The Bertz CT molecular complexity index is 844. The molecule has 152 valence electrons. The number of hydrogen-bond acceptors (Lipinski definition) is 10. The van der Waals surface area contributed by atoms with Crippen LogP contribution in [0.2, 0.25) is 0 Å². The van der Waals surface area contributed by atoms with Crippen molar-refractivity contribution >= 4 is 34.4 Å². The molecule has 2 aliphatic heterocycles. The quantitative estimate of drug-likeness (QED) is 0.460. The van der Waals surface area contributed by atoms with E-state index in [2.05, 4.69) is 25.6 Å². The van der Waals surface area contributed by atoms with Crippen molar-refractivity contribution in [2.45, 2.75) is 37.0 Å². The highest BCUT2D eigenvalue weighted by Crippen LogP contribution is 2.32. The lowest BCUT2D eigenvalue weighted by atomic mass is 10.1. The summed E-state index contributed by atoms with van der Waals surface area (Å²) in [6, 6.07) is 0.163. The fourth-order valence-electron chi connectivity index (χ4n) is 3.31. The third-order valence-electron chi connectivity index (χ3n) is 4.82. The fraction of sp³-hybridized carbons (Fsp3) is 0.625. The van der Waals surface area contributed by atoms with Crippen LogP contribution in [0, 0.1) is 0 Å². The molecule has 4 heterocycles. The Kier molecular flexibility index (Phi) is 5.55. The monoisotopic (exact) mass is 410 g/mol. The molecule has 4 N–H and O–H groups in total. The first-order valence-electron chi connectivity index (χ1n) is 8.96. The van der Waals surface area contributed by atoms with Crippen LogP contribution < -0.4 is 10.6 Å². The molecule has 2 fully saturated rings. The van der Waals surface area contributed by atoms with Gasteiger partial charge in [-0.25, -0.2) is 15.0 Å². The zero-order valence-electron chi connectivity index (χ0n) is 15.2. The second-order valence-corrected chi connectivity index (χ2v) is 7.02. The molecule has 12 heteroatoms. The number of imidazole rings is 1. The van der Waals surface area contributed by atoms with Gasteiger partial charge >= 0.3 is 0 Å². The normalized spacial score (nSPS) is 29.9. The Balaban J connectivity index is 1.54. The van der Waals surface area contributed by atoms with E-state index in [1.54, 1.807) is 11.6 Å². The predicted octanol–water partition coefficient (Wildman–Crippen LogP) is -0.833. The van der Waals surface area contributed by atoms with Crippen molar-refractivity contribution in [1.29, 1.82) is 0 Å². The number of aromatic nitrogens is 4. The maximum atomic E-state index is 10.5. The van der Waals surface area contributed by atoms with Crippen molar-refractivity contribution in [3.8, 4) is 0 Å². The molecule has 0 aromatic carbocycles. The summed E-state index contributed by atoms with van der Waals surface area (Å²) in [7, 11) is 1.63. The minimum absolute atomic E-state index is 0.00446. The van der Waals surface area contributed by atoms with Crippen LogP contribution in [-0.4, -0.2) is 86.1 Å². The lowest BCUT2D eigenvalue weighted by molar-refractivity contribution is -0.0490. The second kappa shape index (κ2) is 8.09. The van der Waals surface area contributed by atoms with Gasteiger partial charge in [-0.2, -0.15) is 0 Å². The van der Waals surface area contributed by atoms with Crippen LogP contribution in [-0.2, 0) is 14.2 Å². The van der Waals surface area contributed by atoms with Gasteiger partial charge in [0, 0.05) is 13.7 Å². The highest BCUT2D eigenvalue weighted by Gasteiger charge is 2.44. The molecular weight excluding hydrogens is 388 g/mol. The third-order valence-corrected chi connectivity index (χ3v) is 5.15. The number of nitrogens with one attached hydrogen (secondary N) is 2. The topological polar surface area (TPSA) is 136 Å². The Morgan fingerprint density at radius 3 is 2.96 bits per heavy atom. The van der Waals surface area contributed by atoms with Crippen molar-refractivity contribution < 1.29 is 24.4 Å². The van der Waals surface area contributed by atoms with E-state index in [0.717, 1.165) is 6.42 Å². The number of aliphatic hydroxyl groups is 2. The van der Waals surface area contributed by atoms with Crippen molar-refractivity contribution in [2.24, 2.45) is 0 Å². The van der Waals surface area contributed by atoms with E-state index < -0.39 is 24.5 Å². The molecule has 4 rings (SSSR count). The van der Waals surface area contributed by atoms with Crippen molar-refractivity contribution in [3.05, 3.63) is 12.7 Å². The van der Waals surface area contributed by atoms with Crippen molar-refractivity contribution in [2.75, 3.05) is 32.2 Å². The van der Waals surface area contributed by atoms with Gasteiger partial charge in [0.2, 0.25) is 0 Å². The van der Waals surface area contributed by atoms with Gasteiger partial charge in [-0.05, 0) is 18.6 Å². The fourth-order valence-corrected chi connectivity index (χ4v) is 3.38. The first-order valence-corrected chi connectivity index (χ1v) is 9.37. The lowest BCUT2D eigenvalue weighted by Crippen LogP contribution is -2.35. The van der Waals surface area contributed by atoms with Gasteiger partial charge in [-0.15, -0.1) is 0 Å². The molecule has 0 aliphatic carbocycles. The molecule has 2 saturated heterocycles. The van der Waals surface area contributed by atoms with Gasteiger partial charge in [0.25, 0.3) is 5.17 Å². The van der Waals surface area contributed by atoms with Gasteiger partial charge in [0.1, 0.15) is 31.2 Å². The number of aliphatic hydroxyl groups excluding tert-OH is 2. The maximum Gasteiger partial charge on any atom is 0.256 e. The van der Waals surface area contributed by atoms with Crippen LogP contribution in [0.15, 0.2) is 12.7 Å². The van der Waals surface area contributed by atoms with Crippen LogP contribution in [0.1, 0.15) is 12.6 Å². The smallest absolute Gasteiger partial charge is 0.256 e. The molecule has 2 aliphatic rings. The second-order valence-electron chi connectivity index (χ2n) is 6.65. The zero-order valence-corrected chi connectivity index (χ0v) is 16.0. The number of hydrogen-bond donors (Lipinski definition) is 4. The van der Waals surface area contributed by atoms with E-state index in [-0.39, 0.29) is 17.8 Å². The van der Waals surface area contributed by atoms with Gasteiger partial charge in [-0.1, -0.05) is 0 Å². The van der Waals surface area contributed by atoms with Crippen LogP contribution in [0.5, 0.6) is 0 Å². The number of thiocarbonyl (C=S) groups is 1. The summed E-state index contributed by atoms with van der Waals surface area (Å²) in [6.07, 6.45) is -0.117. The Morgan fingerprint density at radius 2 is 2.21 bits per heavy atom. The molecule has 5 atom stereocenters. The number of rotatable bonds is 5. The minimum Gasteiger partial charge on any atom is -0.468 e. The Labute approximate surface area is 166 Å². The van der Waals surface area contributed by atoms with Crippen molar-refractivity contribution in [1.82, 2.24) is 24.8 Å². The summed E-state index contributed by atoms with van der Waals surface area (Å²) < 4.78 is 18.1. The summed E-state index contributed by atoms with van der Waals surface area (Å²) in [5, 5.41) is 27.0. The van der Waals surface area contributed by atoms with Crippen LogP contribution >= 0.6 is 12.2 Å². The number of nitrogens with zero attached hydrogens (tertiary/aromatic N) is 4. The van der Waals surface area contributed by atoms with E-state index in [4.69, 9.17) is 26.4 Å². The first-order chi connectivity index (χ1) is 13.6. The maximum absolute atomic E-state index is 10.5. The van der Waals surface area contributed by atoms with E-state index in [9.17, 15) is 10.2 Å². The van der Waals surface area contributed by atoms with E-state index in [1.165, 1.54) is 12.7 Å². The summed E-state index contributed by atoms with van der Waals surface area (Å²) in [6.45, 7) is 1.32. The summed E-state index contributed by atoms with van der Waals surface area (Å²) in [5.74, 6) is 0.589. The zero-order chi connectivity index (χ0) is 19.7. The standard InChI is InChI=1S/C16H22N6O5S/c1-17-16(28)26-5-9-11(23)12(24)15(27-9)22-7-20-10-13(18-6-19-14(10)22)21-8-2-3-25-4-8/h6-9,11-12,15,23-24H,2-5H2,1H3,(H,17,28)(H,18,19,21)/t8?,9-,11-,12-,15?/m1/s1. The SMILES string of the molecule is CNC(=S)OC[C@H]1OC(n2cnc3c(NC4CCOC4)ncnc32)[C@H](O)[C@@H]1O. The first kappa shape index (κ1) is 19.2. The van der Waals surface area contributed by atoms with Crippen LogP contribution in [0.4, 0.5) is 5.82 Å². The molecule has 0 bridgehead atoms. The minimum atomic E-state index is -1.18. The van der Waals surface area contributed by atoms with Crippen molar-refractivity contribution in [3.63, 3.8) is 0 Å².